The summed E-state index contributed by atoms with van der Waals surface area (Å²) in [5.74, 6) is 0. The van der Waals surface area contributed by atoms with Crippen LogP contribution in [0, 0.1) is 0 Å². The predicted octanol–water partition coefficient (Wildman–Crippen LogP) is 30.8. The lowest BCUT2D eigenvalue weighted by Gasteiger charge is -2.16. The Morgan fingerprint density at radius 3 is 0.627 bits per heavy atom. The highest BCUT2D eigenvalue weighted by atomic mass is 15.0. The van der Waals surface area contributed by atoms with Crippen LogP contribution >= 0.6 is 0 Å². The average Bonchev–Trinajstić information content (AvgIpc) is 1.56. The van der Waals surface area contributed by atoms with Gasteiger partial charge in [-0.05, 0) is 197 Å². The zero-order valence-electron chi connectivity index (χ0n) is 64.7. The molecule has 0 unspecified atom stereocenters. The van der Waals surface area contributed by atoms with Gasteiger partial charge in [-0.25, -0.2) is 0 Å². The van der Waals surface area contributed by atoms with Gasteiger partial charge in [0.2, 0.25) is 0 Å². The largest absolute Gasteiger partial charge is 0.309 e. The number of hydrogen-bond donors (Lipinski definition) is 0. The predicted molar refractivity (Wildman–Crippen MR) is 499 cm³/mol. The van der Waals surface area contributed by atoms with Crippen LogP contribution in [0.5, 0.6) is 0 Å². The molecule has 0 aliphatic heterocycles. The van der Waals surface area contributed by atoms with Crippen molar-refractivity contribution >= 4 is 87.2 Å². The molecule has 23 aromatic rings. The van der Waals surface area contributed by atoms with E-state index in [1.54, 1.807) is 0 Å². The van der Waals surface area contributed by atoms with Crippen LogP contribution in [0.4, 0.5) is 0 Å². The van der Waals surface area contributed by atoms with E-state index in [1.165, 1.54) is 187 Å². The first-order valence-electron chi connectivity index (χ1n) is 40.6. The topological polar surface area (TPSA) is 19.7 Å². The van der Waals surface area contributed by atoms with Crippen LogP contribution < -0.4 is 0 Å². The Morgan fingerprint density at radius 2 is 0.322 bits per heavy atom. The Hall–Kier alpha value is -15.6. The normalized spacial score (nSPS) is 11.6. The molecule has 118 heavy (non-hydrogen) atoms. The molecule has 0 atom stereocenters. The molecule has 0 saturated carbocycles. The summed E-state index contributed by atoms with van der Waals surface area (Å²) in [7, 11) is 0. The van der Waals surface area contributed by atoms with Gasteiger partial charge in [-0.2, -0.15) is 0 Å². The summed E-state index contributed by atoms with van der Waals surface area (Å²) in [5.41, 5.74) is 35.9. The fraction of sp³-hybridized carbons (Fsp3) is 0. The Balaban J connectivity index is 0.000000143. The van der Waals surface area contributed by atoms with E-state index in [0.717, 1.165) is 22.7 Å². The van der Waals surface area contributed by atoms with Gasteiger partial charge in [0.15, 0.2) is 0 Å². The molecule has 0 amide bonds. The van der Waals surface area contributed by atoms with Crippen LogP contribution in [0.15, 0.2) is 461 Å². The molecule has 0 N–H and O–H groups in total. The molecule has 0 fully saturated rings. The van der Waals surface area contributed by atoms with Crippen molar-refractivity contribution in [1.29, 1.82) is 0 Å². The Labute approximate surface area is 684 Å². The fourth-order valence-corrected chi connectivity index (χ4v) is 18.6. The maximum Gasteiger partial charge on any atom is 0.0547 e. The minimum atomic E-state index is 1.13. The summed E-state index contributed by atoms with van der Waals surface area (Å²) in [4.78, 5) is 0. The van der Waals surface area contributed by atoms with E-state index in [9.17, 15) is 0 Å². The average molecular weight is 1500 g/mol. The van der Waals surface area contributed by atoms with Crippen molar-refractivity contribution in [1.82, 2.24) is 18.3 Å². The van der Waals surface area contributed by atoms with Gasteiger partial charge in [-0.15, -0.1) is 0 Å². The third kappa shape index (κ3) is 11.9. The molecular formula is C114H76N4. The lowest BCUT2D eigenvalue weighted by Crippen LogP contribution is -1.96. The van der Waals surface area contributed by atoms with E-state index in [0.29, 0.717) is 0 Å². The third-order valence-corrected chi connectivity index (χ3v) is 23.9. The van der Waals surface area contributed by atoms with E-state index in [2.05, 4.69) is 479 Å². The second-order valence-corrected chi connectivity index (χ2v) is 30.5. The fourth-order valence-electron chi connectivity index (χ4n) is 18.6. The first kappa shape index (κ1) is 69.1. The van der Waals surface area contributed by atoms with Crippen molar-refractivity contribution in [2.24, 2.45) is 0 Å². The number of benzene rings is 19. The monoisotopic (exact) mass is 1500 g/mol. The van der Waals surface area contributed by atoms with Crippen molar-refractivity contribution in [3.05, 3.63) is 461 Å². The lowest BCUT2D eigenvalue weighted by molar-refractivity contribution is 1.18. The molecule has 0 aliphatic rings. The van der Waals surface area contributed by atoms with Crippen molar-refractivity contribution < 1.29 is 0 Å². The minimum Gasteiger partial charge on any atom is -0.309 e. The molecule has 4 heteroatoms. The summed E-state index contributed by atoms with van der Waals surface area (Å²) in [6, 6.07) is 168. The highest BCUT2D eigenvalue weighted by Crippen LogP contribution is 2.49. The molecule has 552 valence electrons. The van der Waals surface area contributed by atoms with E-state index < -0.39 is 0 Å². The van der Waals surface area contributed by atoms with E-state index >= 15 is 0 Å². The molecule has 19 aromatic carbocycles. The summed E-state index contributed by atoms with van der Waals surface area (Å²) >= 11 is 0. The van der Waals surface area contributed by atoms with Crippen LogP contribution in [-0.4, -0.2) is 18.3 Å². The molecule has 0 bridgehead atoms. The van der Waals surface area contributed by atoms with Crippen molar-refractivity contribution in [3.63, 3.8) is 0 Å². The van der Waals surface area contributed by atoms with Crippen LogP contribution in [0.3, 0.4) is 0 Å². The molecule has 0 spiro atoms. The van der Waals surface area contributed by atoms with Gasteiger partial charge < -0.3 is 18.3 Å². The van der Waals surface area contributed by atoms with Crippen LogP contribution in [0.1, 0.15) is 0 Å². The van der Waals surface area contributed by atoms with Gasteiger partial charge in [-0.3, -0.25) is 0 Å². The van der Waals surface area contributed by atoms with Gasteiger partial charge in [0.1, 0.15) is 0 Å². The summed E-state index contributed by atoms with van der Waals surface area (Å²) < 4.78 is 9.78. The first-order valence-corrected chi connectivity index (χ1v) is 40.6. The number of hydrogen-bond acceptors (Lipinski definition) is 0. The van der Waals surface area contributed by atoms with Gasteiger partial charge >= 0.3 is 0 Å². The van der Waals surface area contributed by atoms with Crippen molar-refractivity contribution in [2.45, 2.75) is 0 Å². The molecule has 4 aromatic heterocycles. The number of aromatic nitrogens is 4. The second kappa shape index (κ2) is 29.4. The standard InChI is InChI=1S/C60H40N2.C54H36N2/c1-5-19-41(20-6-1)47-37-35-45(39-53(47)43-23-9-3-10-24-43)61-55-31-15-13-27-51(55)59-49(29-17-33-57(59)61)50-30-18-34-58-60(50)52-28-14-16-32-56(52)62(58)46-36-38-48(42-21-7-2-8-22-42)54(40-46)44-25-11-4-12-26-44;1-3-15-37(16-4-1)39-31-33-40(34-32-39)42-20-12-22-44(36-42)56-50-28-10-8-24-48(50)54-46(26-14-30-52(54)56)45-25-13-29-51-53(45)47-23-7-9-27-49(47)55(51)43-21-11-19-41(35-43)38-17-5-2-6-18-38/h1-40H;1-36H. The Bertz CT molecular complexity index is 7500. The van der Waals surface area contributed by atoms with Gasteiger partial charge in [0, 0.05) is 65.8 Å². The maximum atomic E-state index is 2.46. The Morgan fingerprint density at radius 1 is 0.110 bits per heavy atom. The minimum absolute atomic E-state index is 1.13. The molecule has 0 aliphatic carbocycles. The van der Waals surface area contributed by atoms with Gasteiger partial charge in [-0.1, -0.05) is 364 Å². The quantitative estimate of drug-likeness (QED) is 0.110. The summed E-state index contributed by atoms with van der Waals surface area (Å²) in [6.45, 7) is 0. The lowest BCUT2D eigenvalue weighted by atomic mass is 9.94. The van der Waals surface area contributed by atoms with Crippen LogP contribution in [0.2, 0.25) is 0 Å². The van der Waals surface area contributed by atoms with Crippen LogP contribution in [0.25, 0.3) is 210 Å². The number of fused-ring (bicyclic) bond motifs is 12. The number of para-hydroxylation sites is 4. The zero-order chi connectivity index (χ0) is 78.0. The van der Waals surface area contributed by atoms with E-state index in [4.69, 9.17) is 0 Å². The highest BCUT2D eigenvalue weighted by molar-refractivity contribution is 6.24. The molecule has 0 saturated heterocycles. The van der Waals surface area contributed by atoms with Crippen molar-refractivity contribution in [3.8, 4) is 123 Å². The van der Waals surface area contributed by atoms with E-state index in [1.807, 2.05) is 0 Å². The summed E-state index contributed by atoms with van der Waals surface area (Å²) in [5, 5.41) is 9.97. The summed E-state index contributed by atoms with van der Waals surface area (Å²) in [6.07, 6.45) is 0. The second-order valence-electron chi connectivity index (χ2n) is 30.5. The first-order chi connectivity index (χ1) is 58.6. The molecule has 0 radical (unpaired) electrons. The van der Waals surface area contributed by atoms with E-state index in [-0.39, 0.29) is 0 Å². The number of nitrogens with zero attached hydrogens (tertiary/aromatic N) is 4. The van der Waals surface area contributed by atoms with Gasteiger partial charge in [0.05, 0.1) is 44.1 Å². The highest BCUT2D eigenvalue weighted by Gasteiger charge is 2.25. The number of rotatable bonds is 13. The Kier molecular flexibility index (Phi) is 17.2. The SMILES string of the molecule is c1ccc(-c2ccc(-c3cccc(-n4c5ccccc5c5c(-c6cccc7c6c6ccccc6n7-c6cccc(-c7ccccc7)c6)cccc54)c3)cc2)cc1.c1ccc(-c2ccc(-n3c4ccccc4c4c(-c5cccc6c5c5ccccc5n6-c5ccc(-c6ccccc6)c(-c6ccccc6)c5)cccc43)cc2-c2ccccc2)cc1. The van der Waals surface area contributed by atoms with Crippen LogP contribution in [-0.2, 0) is 0 Å². The maximum absolute atomic E-state index is 2.46. The molecule has 4 heterocycles. The molecule has 23 rings (SSSR count). The molecule has 4 nitrogen and oxygen atoms in total. The smallest absolute Gasteiger partial charge is 0.0547 e. The zero-order valence-corrected chi connectivity index (χ0v) is 64.7. The molecular weight excluding hydrogens is 1430 g/mol. The van der Waals surface area contributed by atoms with Crippen molar-refractivity contribution in [2.75, 3.05) is 0 Å². The third-order valence-electron chi connectivity index (χ3n) is 23.9. The van der Waals surface area contributed by atoms with Gasteiger partial charge in [0.25, 0.3) is 0 Å².